The van der Waals surface area contributed by atoms with E-state index in [-0.39, 0.29) is 0 Å². The van der Waals surface area contributed by atoms with Gasteiger partial charge in [-0.1, -0.05) is 18.2 Å². The van der Waals surface area contributed by atoms with Crippen LogP contribution in [-0.4, -0.2) is 16.7 Å². The number of para-hydroxylation sites is 1. The van der Waals surface area contributed by atoms with Crippen molar-refractivity contribution < 1.29 is 4.74 Å². The molecule has 0 bridgehead atoms. The molecule has 0 aliphatic carbocycles. The number of nitrogens with one attached hydrogen (secondary N) is 1. The summed E-state index contributed by atoms with van der Waals surface area (Å²) in [6, 6.07) is 18.5. The van der Waals surface area contributed by atoms with E-state index in [0.717, 1.165) is 45.5 Å². The van der Waals surface area contributed by atoms with Crippen LogP contribution in [0, 0.1) is 11.3 Å². The molecule has 0 saturated carbocycles. The highest BCUT2D eigenvalue weighted by Crippen LogP contribution is 2.36. The van der Waals surface area contributed by atoms with Crippen molar-refractivity contribution in [2.24, 2.45) is 0 Å². The molecule has 4 aromatic rings. The number of rotatable bonds is 3. The minimum absolute atomic E-state index is 0.695. The van der Waals surface area contributed by atoms with Crippen LogP contribution < -0.4 is 4.74 Å². The Morgan fingerprint density at radius 3 is 2.71 bits per heavy atom. The summed E-state index contributed by atoms with van der Waals surface area (Å²) in [4.78, 5) is 3.45. The van der Waals surface area contributed by atoms with Crippen molar-refractivity contribution in [3.05, 3.63) is 54.1 Å². The van der Waals surface area contributed by atoms with Crippen molar-refractivity contribution in [3.63, 3.8) is 0 Å². The summed E-state index contributed by atoms with van der Waals surface area (Å²) in [6.07, 6.45) is 0. The van der Waals surface area contributed by atoms with Gasteiger partial charge in [0, 0.05) is 28.9 Å². The first-order valence-corrected chi connectivity index (χ1v) is 7.95. The van der Waals surface area contributed by atoms with Gasteiger partial charge in [0.1, 0.15) is 11.8 Å². The zero-order valence-corrected chi connectivity index (χ0v) is 13.6. The number of benzene rings is 2. The molecule has 2 heterocycles. The van der Waals surface area contributed by atoms with Crippen LogP contribution in [-0.2, 0) is 6.54 Å². The third-order valence-electron chi connectivity index (χ3n) is 4.48. The standard InChI is InChI=1S/C20H17N3O/c1-3-23-19-11-14(24-2)8-9-15(19)16(12-21)20(23)18-10-13-6-4-5-7-17(13)22-18/h4-11,22H,3H2,1-2H3. The highest BCUT2D eigenvalue weighted by molar-refractivity contribution is 5.96. The molecule has 4 heteroatoms. The van der Waals surface area contributed by atoms with Gasteiger partial charge in [-0.25, -0.2) is 0 Å². The van der Waals surface area contributed by atoms with Gasteiger partial charge in [-0.3, -0.25) is 0 Å². The molecule has 24 heavy (non-hydrogen) atoms. The van der Waals surface area contributed by atoms with Gasteiger partial charge in [-0.2, -0.15) is 5.26 Å². The fourth-order valence-electron chi connectivity index (χ4n) is 3.38. The van der Waals surface area contributed by atoms with Gasteiger partial charge in [-0.15, -0.1) is 0 Å². The van der Waals surface area contributed by atoms with Crippen molar-refractivity contribution in [1.82, 2.24) is 9.55 Å². The van der Waals surface area contributed by atoms with Crippen LogP contribution in [0.15, 0.2) is 48.5 Å². The molecule has 0 fully saturated rings. The number of hydrogen-bond acceptors (Lipinski definition) is 2. The first kappa shape index (κ1) is 14.4. The highest BCUT2D eigenvalue weighted by Gasteiger charge is 2.19. The minimum Gasteiger partial charge on any atom is -0.497 e. The molecule has 1 N–H and O–H groups in total. The van der Waals surface area contributed by atoms with Crippen molar-refractivity contribution in [2.75, 3.05) is 7.11 Å². The average Bonchev–Trinajstić information content (AvgIpc) is 3.18. The van der Waals surface area contributed by atoms with Crippen LogP contribution >= 0.6 is 0 Å². The summed E-state index contributed by atoms with van der Waals surface area (Å²) in [5, 5.41) is 11.9. The van der Waals surface area contributed by atoms with E-state index in [0.29, 0.717) is 5.56 Å². The summed E-state index contributed by atoms with van der Waals surface area (Å²) in [5.41, 5.74) is 4.68. The van der Waals surface area contributed by atoms with Gasteiger partial charge in [0.05, 0.1) is 29.6 Å². The SMILES string of the molecule is CCn1c(-c2cc3ccccc3[nH]2)c(C#N)c2ccc(OC)cc21. The number of fused-ring (bicyclic) bond motifs is 2. The van der Waals surface area contributed by atoms with Crippen molar-refractivity contribution in [1.29, 1.82) is 5.26 Å². The molecule has 0 atom stereocenters. The largest absolute Gasteiger partial charge is 0.497 e. The van der Waals surface area contributed by atoms with E-state index in [1.54, 1.807) is 7.11 Å². The number of nitrogens with zero attached hydrogens (tertiary/aromatic N) is 2. The number of methoxy groups -OCH3 is 1. The Labute approximate surface area is 139 Å². The molecule has 118 valence electrons. The molecule has 4 nitrogen and oxygen atoms in total. The lowest BCUT2D eigenvalue weighted by Crippen LogP contribution is -1.98. The maximum absolute atomic E-state index is 9.78. The van der Waals surface area contributed by atoms with E-state index in [1.165, 1.54) is 0 Å². The van der Waals surface area contributed by atoms with Gasteiger partial charge in [0.2, 0.25) is 0 Å². The molecule has 0 unspecified atom stereocenters. The van der Waals surface area contributed by atoms with Crippen LogP contribution in [0.25, 0.3) is 33.2 Å². The third-order valence-corrected chi connectivity index (χ3v) is 4.48. The van der Waals surface area contributed by atoms with Crippen LogP contribution in [0.4, 0.5) is 0 Å². The Morgan fingerprint density at radius 2 is 2.00 bits per heavy atom. The second-order valence-electron chi connectivity index (χ2n) is 5.73. The van der Waals surface area contributed by atoms with E-state index in [2.05, 4.69) is 34.7 Å². The Morgan fingerprint density at radius 1 is 1.17 bits per heavy atom. The van der Waals surface area contributed by atoms with Crippen LogP contribution in [0.2, 0.25) is 0 Å². The zero-order chi connectivity index (χ0) is 16.7. The maximum atomic E-state index is 9.78. The van der Waals surface area contributed by atoms with Crippen LogP contribution in [0.1, 0.15) is 12.5 Å². The first-order valence-electron chi connectivity index (χ1n) is 7.95. The number of aryl methyl sites for hydroxylation is 1. The Balaban J connectivity index is 2.08. The average molecular weight is 315 g/mol. The number of hydrogen-bond donors (Lipinski definition) is 1. The minimum atomic E-state index is 0.695. The van der Waals surface area contributed by atoms with Crippen LogP contribution in [0.3, 0.4) is 0 Å². The second-order valence-corrected chi connectivity index (χ2v) is 5.73. The molecule has 4 rings (SSSR count). The Kier molecular flexibility index (Phi) is 3.28. The molecule has 2 aromatic heterocycles. The Bertz CT molecular complexity index is 1060. The normalized spacial score (nSPS) is 11.0. The smallest absolute Gasteiger partial charge is 0.120 e. The molecule has 0 spiro atoms. The van der Waals surface area contributed by atoms with E-state index >= 15 is 0 Å². The molecule has 0 aliphatic rings. The molecule has 0 amide bonds. The summed E-state index contributed by atoms with van der Waals surface area (Å²) in [5.74, 6) is 0.794. The quantitative estimate of drug-likeness (QED) is 0.596. The lowest BCUT2D eigenvalue weighted by Gasteiger charge is -2.07. The second kappa shape index (κ2) is 5.47. The van der Waals surface area contributed by atoms with Crippen molar-refractivity contribution >= 4 is 21.8 Å². The predicted molar refractivity (Wildman–Crippen MR) is 96.2 cm³/mol. The van der Waals surface area contributed by atoms with Crippen LogP contribution in [0.5, 0.6) is 5.75 Å². The molecular formula is C20H17N3O. The van der Waals surface area contributed by atoms with Gasteiger partial charge in [-0.05, 0) is 31.2 Å². The first-order chi connectivity index (χ1) is 11.8. The predicted octanol–water partition coefficient (Wildman–Crippen LogP) is 4.69. The number of aromatic nitrogens is 2. The number of nitriles is 1. The van der Waals surface area contributed by atoms with E-state index in [4.69, 9.17) is 4.74 Å². The fourth-order valence-corrected chi connectivity index (χ4v) is 3.38. The van der Waals surface area contributed by atoms with E-state index in [9.17, 15) is 5.26 Å². The van der Waals surface area contributed by atoms with Gasteiger partial charge >= 0.3 is 0 Å². The van der Waals surface area contributed by atoms with E-state index < -0.39 is 0 Å². The zero-order valence-electron chi connectivity index (χ0n) is 13.6. The summed E-state index contributed by atoms with van der Waals surface area (Å²) >= 11 is 0. The van der Waals surface area contributed by atoms with Gasteiger partial charge < -0.3 is 14.3 Å². The summed E-state index contributed by atoms with van der Waals surface area (Å²) in [7, 11) is 1.66. The maximum Gasteiger partial charge on any atom is 0.120 e. The number of ether oxygens (including phenoxy) is 1. The van der Waals surface area contributed by atoms with Gasteiger partial charge in [0.15, 0.2) is 0 Å². The number of H-pyrrole nitrogens is 1. The lowest BCUT2D eigenvalue weighted by molar-refractivity contribution is 0.415. The van der Waals surface area contributed by atoms with Crippen molar-refractivity contribution in [2.45, 2.75) is 13.5 Å². The molecule has 2 aromatic carbocycles. The van der Waals surface area contributed by atoms with E-state index in [1.807, 2.05) is 36.4 Å². The molecule has 0 saturated heterocycles. The van der Waals surface area contributed by atoms with Crippen molar-refractivity contribution in [3.8, 4) is 23.2 Å². The topological polar surface area (TPSA) is 53.7 Å². The summed E-state index contributed by atoms with van der Waals surface area (Å²) < 4.78 is 7.52. The van der Waals surface area contributed by atoms with Gasteiger partial charge in [0.25, 0.3) is 0 Å². The number of aromatic amines is 1. The monoisotopic (exact) mass is 315 g/mol. The molecule has 0 aliphatic heterocycles. The fraction of sp³-hybridized carbons (Fsp3) is 0.150. The molecular weight excluding hydrogens is 298 g/mol. The lowest BCUT2D eigenvalue weighted by atomic mass is 10.1. The summed E-state index contributed by atoms with van der Waals surface area (Å²) in [6.45, 7) is 2.86. The third kappa shape index (κ3) is 1.99. The molecule has 0 radical (unpaired) electrons. The highest BCUT2D eigenvalue weighted by atomic mass is 16.5. The Hall–Kier alpha value is -3.19.